The van der Waals surface area contributed by atoms with Crippen molar-refractivity contribution in [3.05, 3.63) is 59.2 Å². The van der Waals surface area contributed by atoms with E-state index in [2.05, 4.69) is 5.16 Å². The number of halogens is 1. The molecule has 11 heteroatoms. The minimum atomic E-state index is -3.75. The molecule has 3 aromatic rings. The SMILES string of the molecule is COc1ccc(S(=O)(=O)N2CCN(C(=O)c3cc(-c4ccc(Cl)cc4)on3)CC2)cc1OC. The van der Waals surface area contributed by atoms with Gasteiger partial charge in [0.2, 0.25) is 10.0 Å². The van der Waals surface area contributed by atoms with Crippen LogP contribution in [0.1, 0.15) is 10.5 Å². The van der Waals surface area contributed by atoms with E-state index in [0.29, 0.717) is 22.3 Å². The third-order valence-corrected chi connectivity index (χ3v) is 7.52. The molecule has 1 aliphatic heterocycles. The first-order valence-corrected chi connectivity index (χ1v) is 11.9. The lowest BCUT2D eigenvalue weighted by Crippen LogP contribution is -2.50. The molecule has 2 heterocycles. The summed E-state index contributed by atoms with van der Waals surface area (Å²) in [6.07, 6.45) is 0. The molecule has 1 fully saturated rings. The Morgan fingerprint density at radius 3 is 2.27 bits per heavy atom. The highest BCUT2D eigenvalue weighted by Gasteiger charge is 2.32. The molecule has 4 rings (SSSR count). The van der Waals surface area contributed by atoms with Crippen LogP contribution in [0.3, 0.4) is 0 Å². The average Bonchev–Trinajstić information content (AvgIpc) is 3.34. The van der Waals surface area contributed by atoms with Gasteiger partial charge in [0.1, 0.15) is 0 Å². The van der Waals surface area contributed by atoms with E-state index >= 15 is 0 Å². The normalized spacial score (nSPS) is 14.8. The molecule has 0 saturated carbocycles. The molecule has 1 aromatic heterocycles. The number of ether oxygens (including phenoxy) is 2. The van der Waals surface area contributed by atoms with E-state index in [1.807, 2.05) is 0 Å². The Balaban J connectivity index is 1.43. The average molecular weight is 492 g/mol. The van der Waals surface area contributed by atoms with Crippen LogP contribution in [-0.2, 0) is 10.0 Å². The van der Waals surface area contributed by atoms with Crippen molar-refractivity contribution in [2.24, 2.45) is 0 Å². The first-order chi connectivity index (χ1) is 15.8. The number of methoxy groups -OCH3 is 2. The molecule has 0 unspecified atom stereocenters. The van der Waals surface area contributed by atoms with Crippen LogP contribution in [0.5, 0.6) is 11.5 Å². The second-order valence-electron chi connectivity index (χ2n) is 7.30. The summed E-state index contributed by atoms with van der Waals surface area (Å²) >= 11 is 5.90. The summed E-state index contributed by atoms with van der Waals surface area (Å²) < 4.78 is 43.2. The number of hydrogen-bond acceptors (Lipinski definition) is 7. The largest absolute Gasteiger partial charge is 0.493 e. The second kappa shape index (κ2) is 9.42. The predicted octanol–water partition coefficient (Wildman–Crippen LogP) is 3.16. The van der Waals surface area contributed by atoms with Gasteiger partial charge in [-0.1, -0.05) is 16.8 Å². The van der Waals surface area contributed by atoms with Gasteiger partial charge in [0.25, 0.3) is 5.91 Å². The number of sulfonamides is 1. The lowest BCUT2D eigenvalue weighted by Gasteiger charge is -2.33. The van der Waals surface area contributed by atoms with Crippen molar-refractivity contribution in [1.29, 1.82) is 0 Å². The number of carbonyl (C=O) groups excluding carboxylic acids is 1. The Labute approximate surface area is 196 Å². The molecule has 0 spiro atoms. The van der Waals surface area contributed by atoms with E-state index < -0.39 is 10.0 Å². The van der Waals surface area contributed by atoms with Crippen molar-refractivity contribution in [3.63, 3.8) is 0 Å². The molecule has 1 amide bonds. The van der Waals surface area contributed by atoms with Gasteiger partial charge in [-0.2, -0.15) is 4.31 Å². The van der Waals surface area contributed by atoms with Crippen molar-refractivity contribution < 1.29 is 27.2 Å². The molecular formula is C22H22ClN3O6S. The minimum Gasteiger partial charge on any atom is -0.493 e. The molecule has 33 heavy (non-hydrogen) atoms. The lowest BCUT2D eigenvalue weighted by atomic mass is 10.1. The molecule has 0 aliphatic carbocycles. The van der Waals surface area contributed by atoms with Gasteiger partial charge < -0.3 is 18.9 Å². The minimum absolute atomic E-state index is 0.101. The summed E-state index contributed by atoms with van der Waals surface area (Å²) in [5.74, 6) is 0.902. The van der Waals surface area contributed by atoms with Gasteiger partial charge in [-0.25, -0.2) is 8.42 Å². The van der Waals surface area contributed by atoms with E-state index in [0.717, 1.165) is 5.56 Å². The highest BCUT2D eigenvalue weighted by atomic mass is 35.5. The first kappa shape index (κ1) is 23.1. The van der Waals surface area contributed by atoms with Crippen LogP contribution in [-0.4, -0.2) is 69.1 Å². The molecule has 0 atom stereocenters. The zero-order valence-corrected chi connectivity index (χ0v) is 19.6. The van der Waals surface area contributed by atoms with Crippen LogP contribution in [0.15, 0.2) is 57.9 Å². The Bertz CT molecular complexity index is 1250. The van der Waals surface area contributed by atoms with E-state index in [9.17, 15) is 13.2 Å². The molecule has 0 bridgehead atoms. The molecule has 0 N–H and O–H groups in total. The fourth-order valence-corrected chi connectivity index (χ4v) is 5.11. The van der Waals surface area contributed by atoms with Gasteiger partial charge in [0.15, 0.2) is 23.0 Å². The highest BCUT2D eigenvalue weighted by molar-refractivity contribution is 7.89. The zero-order valence-electron chi connectivity index (χ0n) is 18.0. The number of nitrogens with zero attached hydrogens (tertiary/aromatic N) is 3. The van der Waals surface area contributed by atoms with Crippen LogP contribution in [0.25, 0.3) is 11.3 Å². The number of hydrogen-bond donors (Lipinski definition) is 0. The number of rotatable bonds is 6. The van der Waals surface area contributed by atoms with Gasteiger partial charge in [0.05, 0.1) is 19.1 Å². The van der Waals surface area contributed by atoms with E-state index in [1.165, 1.54) is 30.7 Å². The number of benzene rings is 2. The maximum Gasteiger partial charge on any atom is 0.276 e. The van der Waals surface area contributed by atoms with Crippen molar-refractivity contribution in [2.45, 2.75) is 4.90 Å². The summed E-state index contributed by atoms with van der Waals surface area (Å²) in [5.41, 5.74) is 0.910. The summed E-state index contributed by atoms with van der Waals surface area (Å²) in [6.45, 7) is 0.775. The van der Waals surface area contributed by atoms with Gasteiger partial charge in [-0.05, 0) is 36.4 Å². The van der Waals surface area contributed by atoms with E-state index in [1.54, 1.807) is 41.3 Å². The predicted molar refractivity (Wildman–Crippen MR) is 121 cm³/mol. The maximum atomic E-state index is 13.1. The van der Waals surface area contributed by atoms with Gasteiger partial charge in [0, 0.05) is 48.9 Å². The van der Waals surface area contributed by atoms with Crippen LogP contribution < -0.4 is 9.47 Å². The Morgan fingerprint density at radius 2 is 1.64 bits per heavy atom. The third-order valence-electron chi connectivity index (χ3n) is 5.38. The second-order valence-corrected chi connectivity index (χ2v) is 9.67. The monoisotopic (exact) mass is 491 g/mol. The Kier molecular flexibility index (Phi) is 6.59. The summed E-state index contributed by atoms with van der Waals surface area (Å²) in [4.78, 5) is 14.5. The standard InChI is InChI=1S/C22H22ClN3O6S/c1-30-19-8-7-17(13-21(19)31-2)33(28,29)26-11-9-25(10-12-26)22(27)18-14-20(32-24-18)15-3-5-16(23)6-4-15/h3-8,13-14H,9-12H2,1-2H3. The van der Waals surface area contributed by atoms with Crippen molar-refractivity contribution >= 4 is 27.5 Å². The van der Waals surface area contributed by atoms with Crippen molar-refractivity contribution in [2.75, 3.05) is 40.4 Å². The van der Waals surface area contributed by atoms with Gasteiger partial charge in [-0.15, -0.1) is 0 Å². The van der Waals surface area contributed by atoms with Crippen LogP contribution >= 0.6 is 11.6 Å². The molecule has 1 saturated heterocycles. The molecule has 174 valence electrons. The van der Waals surface area contributed by atoms with Gasteiger partial charge in [-0.3, -0.25) is 4.79 Å². The van der Waals surface area contributed by atoms with E-state index in [4.69, 9.17) is 25.6 Å². The van der Waals surface area contributed by atoms with Crippen LogP contribution in [0, 0.1) is 0 Å². The fourth-order valence-electron chi connectivity index (χ4n) is 3.55. The number of piperazine rings is 1. The third kappa shape index (κ3) is 4.68. The first-order valence-electron chi connectivity index (χ1n) is 10.1. The lowest BCUT2D eigenvalue weighted by molar-refractivity contribution is 0.0687. The summed E-state index contributed by atoms with van der Waals surface area (Å²) in [6, 6.07) is 13.0. The van der Waals surface area contributed by atoms with Gasteiger partial charge >= 0.3 is 0 Å². The number of carbonyl (C=O) groups is 1. The van der Waals surface area contributed by atoms with Crippen LogP contribution in [0.2, 0.25) is 5.02 Å². The Hall–Kier alpha value is -3.08. The quantitative estimate of drug-likeness (QED) is 0.521. The zero-order chi connectivity index (χ0) is 23.6. The molecule has 0 radical (unpaired) electrons. The fraction of sp³-hybridized carbons (Fsp3) is 0.273. The van der Waals surface area contributed by atoms with Crippen molar-refractivity contribution in [3.8, 4) is 22.8 Å². The smallest absolute Gasteiger partial charge is 0.276 e. The molecular weight excluding hydrogens is 470 g/mol. The maximum absolute atomic E-state index is 13.1. The summed E-state index contributed by atoms with van der Waals surface area (Å²) in [5, 5.41) is 4.48. The van der Waals surface area contributed by atoms with E-state index in [-0.39, 0.29) is 42.7 Å². The molecule has 2 aromatic carbocycles. The molecule has 9 nitrogen and oxygen atoms in total. The Morgan fingerprint density at radius 1 is 0.970 bits per heavy atom. The topological polar surface area (TPSA) is 102 Å². The number of amides is 1. The van der Waals surface area contributed by atoms with Crippen LogP contribution in [0.4, 0.5) is 0 Å². The summed E-state index contributed by atoms with van der Waals surface area (Å²) in [7, 11) is -0.827. The highest BCUT2D eigenvalue weighted by Crippen LogP contribution is 2.31. The molecule has 1 aliphatic rings. The number of aromatic nitrogens is 1. The van der Waals surface area contributed by atoms with Crippen molar-refractivity contribution in [1.82, 2.24) is 14.4 Å².